The van der Waals surface area contributed by atoms with E-state index < -0.39 is 27.7 Å². The number of rotatable bonds is 3. The van der Waals surface area contributed by atoms with Crippen molar-refractivity contribution < 1.29 is 22.0 Å². The lowest BCUT2D eigenvalue weighted by molar-refractivity contribution is 0.184. The molecule has 1 aliphatic heterocycles. The number of sulfonamides is 1. The van der Waals surface area contributed by atoms with Gasteiger partial charge in [-0.2, -0.15) is 4.31 Å². The number of benzene rings is 2. The summed E-state index contributed by atoms with van der Waals surface area (Å²) in [6.45, 7) is 0.484. The first-order valence-electron chi connectivity index (χ1n) is 8.04. The van der Waals surface area contributed by atoms with Gasteiger partial charge in [0.05, 0.1) is 10.6 Å². The Morgan fingerprint density at radius 1 is 1.00 bits per heavy atom. The maximum Gasteiger partial charge on any atom is 0.322 e. The molecule has 0 bridgehead atoms. The number of carbonyl (C=O) groups excluding carboxylic acids is 1. The average Bonchev–Trinajstić information content (AvgIpc) is 2.64. The molecule has 0 spiro atoms. The summed E-state index contributed by atoms with van der Waals surface area (Å²) in [5, 5.41) is 2.80. The van der Waals surface area contributed by atoms with Crippen LogP contribution >= 0.6 is 11.6 Å². The highest BCUT2D eigenvalue weighted by Gasteiger charge is 2.30. The van der Waals surface area contributed by atoms with Crippen molar-refractivity contribution in [2.75, 3.05) is 31.5 Å². The van der Waals surface area contributed by atoms with Crippen molar-refractivity contribution in [3.8, 4) is 0 Å². The second-order valence-electron chi connectivity index (χ2n) is 5.90. The number of anilines is 1. The predicted molar refractivity (Wildman–Crippen MR) is 97.2 cm³/mol. The molecule has 1 fully saturated rings. The van der Waals surface area contributed by atoms with Gasteiger partial charge >= 0.3 is 6.03 Å². The van der Waals surface area contributed by atoms with Crippen molar-refractivity contribution in [1.29, 1.82) is 0 Å². The Bertz CT molecular complexity index is 946. The van der Waals surface area contributed by atoms with Crippen LogP contribution in [0.2, 0.25) is 5.02 Å². The second-order valence-corrected chi connectivity index (χ2v) is 8.27. The monoisotopic (exact) mass is 415 g/mol. The smallest absolute Gasteiger partial charge is 0.322 e. The zero-order valence-corrected chi connectivity index (χ0v) is 15.6. The summed E-state index contributed by atoms with van der Waals surface area (Å²) in [5.74, 6) is -1.63. The molecule has 1 saturated heterocycles. The number of hydrogen-bond donors (Lipinski definition) is 1. The fourth-order valence-corrected chi connectivity index (χ4v) is 4.22. The normalized spacial score (nSPS) is 15.6. The minimum Gasteiger partial charge on any atom is -0.322 e. The maximum atomic E-state index is 13.6. The van der Waals surface area contributed by atoms with Gasteiger partial charge in [0.15, 0.2) is 0 Å². The first kappa shape index (κ1) is 19.5. The first-order chi connectivity index (χ1) is 12.8. The van der Waals surface area contributed by atoms with E-state index >= 15 is 0 Å². The van der Waals surface area contributed by atoms with Crippen molar-refractivity contribution in [2.45, 2.75) is 4.90 Å². The predicted octanol–water partition coefficient (Wildman–Crippen LogP) is 3.16. The summed E-state index contributed by atoms with van der Waals surface area (Å²) in [6, 6.07) is 8.10. The molecule has 2 amide bonds. The fraction of sp³-hybridized carbons (Fsp3) is 0.235. The van der Waals surface area contributed by atoms with Crippen LogP contribution in [0.4, 0.5) is 19.3 Å². The van der Waals surface area contributed by atoms with E-state index in [4.69, 9.17) is 11.6 Å². The van der Waals surface area contributed by atoms with E-state index in [0.717, 1.165) is 12.1 Å². The van der Waals surface area contributed by atoms with Gasteiger partial charge in [0.25, 0.3) is 0 Å². The summed E-state index contributed by atoms with van der Waals surface area (Å²) in [4.78, 5) is 13.7. The number of hydrogen-bond acceptors (Lipinski definition) is 3. The highest BCUT2D eigenvalue weighted by molar-refractivity contribution is 7.89. The third kappa shape index (κ3) is 4.37. The number of nitrogens with one attached hydrogen (secondary N) is 1. The van der Waals surface area contributed by atoms with Gasteiger partial charge in [-0.15, -0.1) is 0 Å². The summed E-state index contributed by atoms with van der Waals surface area (Å²) in [5.41, 5.74) is -0.141. The highest BCUT2D eigenvalue weighted by Crippen LogP contribution is 2.21. The Kier molecular flexibility index (Phi) is 5.64. The first-order valence-corrected chi connectivity index (χ1v) is 9.86. The molecule has 0 radical (unpaired) electrons. The Hall–Kier alpha value is -2.23. The zero-order chi connectivity index (χ0) is 19.6. The topological polar surface area (TPSA) is 69.7 Å². The average molecular weight is 416 g/mol. The Morgan fingerprint density at radius 2 is 1.63 bits per heavy atom. The molecule has 6 nitrogen and oxygen atoms in total. The van der Waals surface area contributed by atoms with Crippen molar-refractivity contribution in [1.82, 2.24) is 9.21 Å². The van der Waals surface area contributed by atoms with E-state index in [1.54, 1.807) is 0 Å². The molecule has 3 rings (SSSR count). The molecule has 2 aromatic carbocycles. The van der Waals surface area contributed by atoms with Crippen molar-refractivity contribution in [2.24, 2.45) is 0 Å². The van der Waals surface area contributed by atoms with Crippen LogP contribution in [-0.2, 0) is 10.0 Å². The molecule has 0 aromatic heterocycles. The van der Waals surface area contributed by atoms with Gasteiger partial charge in [0, 0.05) is 37.3 Å². The lowest BCUT2D eigenvalue weighted by atomic mass is 10.3. The lowest BCUT2D eigenvalue weighted by Gasteiger charge is -2.34. The lowest BCUT2D eigenvalue weighted by Crippen LogP contribution is -2.51. The quantitative estimate of drug-likeness (QED) is 0.837. The molecular weight excluding hydrogens is 400 g/mol. The number of nitrogens with zero attached hydrogens (tertiary/aromatic N) is 2. The number of piperazine rings is 1. The zero-order valence-electron chi connectivity index (χ0n) is 14.0. The van der Waals surface area contributed by atoms with Crippen LogP contribution in [0, 0.1) is 11.6 Å². The molecule has 10 heteroatoms. The Morgan fingerprint density at radius 3 is 2.22 bits per heavy atom. The standard InChI is InChI=1S/C17H16ClF2N3O3S/c18-12-1-4-14(5-2-12)27(25,26)23-9-7-22(8-10-23)17(24)21-16-6-3-13(19)11-15(16)20/h1-6,11H,7-10H2,(H,21,24). The van der Waals surface area contributed by atoms with Crippen molar-refractivity contribution in [3.63, 3.8) is 0 Å². The minimum absolute atomic E-state index is 0.101. The van der Waals surface area contributed by atoms with Crippen molar-refractivity contribution >= 4 is 33.3 Å². The van der Waals surface area contributed by atoms with Crippen LogP contribution in [0.5, 0.6) is 0 Å². The van der Waals surface area contributed by atoms with E-state index in [9.17, 15) is 22.0 Å². The molecule has 0 aliphatic carbocycles. The number of halogens is 3. The summed E-state index contributed by atoms with van der Waals surface area (Å²) < 4.78 is 53.1. The van der Waals surface area contributed by atoms with Gasteiger partial charge in [-0.05, 0) is 36.4 Å². The van der Waals surface area contributed by atoms with Crippen LogP contribution in [0.1, 0.15) is 0 Å². The van der Waals surface area contributed by atoms with Gasteiger partial charge in [-0.1, -0.05) is 11.6 Å². The van der Waals surface area contributed by atoms with Crippen LogP contribution in [0.3, 0.4) is 0 Å². The SMILES string of the molecule is O=C(Nc1ccc(F)cc1F)N1CCN(S(=O)(=O)c2ccc(Cl)cc2)CC1. The molecule has 0 atom stereocenters. The van der Waals surface area contributed by atoms with Gasteiger partial charge in [-0.3, -0.25) is 0 Å². The molecule has 0 unspecified atom stereocenters. The van der Waals surface area contributed by atoms with Crippen LogP contribution in [0.25, 0.3) is 0 Å². The number of amides is 2. The van der Waals surface area contributed by atoms with Gasteiger partial charge in [-0.25, -0.2) is 22.0 Å². The Balaban J connectivity index is 1.62. The fourth-order valence-electron chi connectivity index (χ4n) is 2.67. The largest absolute Gasteiger partial charge is 0.322 e. The summed E-state index contributed by atoms with van der Waals surface area (Å²) in [6.07, 6.45) is 0. The molecule has 1 aliphatic rings. The molecular formula is C17H16ClF2N3O3S. The van der Waals surface area contributed by atoms with Gasteiger partial charge < -0.3 is 10.2 Å². The molecule has 2 aromatic rings. The Labute approximate surface area is 160 Å². The number of urea groups is 1. The third-order valence-corrected chi connectivity index (χ3v) is 6.31. The van der Waals surface area contributed by atoms with Gasteiger partial charge in [0.2, 0.25) is 10.0 Å². The van der Waals surface area contributed by atoms with E-state index in [1.807, 2.05) is 0 Å². The highest BCUT2D eigenvalue weighted by atomic mass is 35.5. The molecule has 1 N–H and O–H groups in total. The van der Waals surface area contributed by atoms with E-state index in [-0.39, 0.29) is 36.8 Å². The molecule has 144 valence electrons. The van der Waals surface area contributed by atoms with Gasteiger partial charge in [0.1, 0.15) is 11.6 Å². The van der Waals surface area contributed by atoms with Crippen LogP contribution < -0.4 is 5.32 Å². The van der Waals surface area contributed by atoms with E-state index in [1.165, 1.54) is 33.5 Å². The molecule has 1 heterocycles. The molecule has 27 heavy (non-hydrogen) atoms. The summed E-state index contributed by atoms with van der Waals surface area (Å²) in [7, 11) is -3.68. The van der Waals surface area contributed by atoms with Crippen LogP contribution in [-0.4, -0.2) is 49.8 Å². The maximum absolute atomic E-state index is 13.6. The minimum atomic E-state index is -3.68. The van der Waals surface area contributed by atoms with E-state index in [2.05, 4.69) is 5.32 Å². The molecule has 0 saturated carbocycles. The van der Waals surface area contributed by atoms with E-state index in [0.29, 0.717) is 11.1 Å². The van der Waals surface area contributed by atoms with Crippen molar-refractivity contribution in [3.05, 3.63) is 59.1 Å². The van der Waals surface area contributed by atoms with Crippen LogP contribution in [0.15, 0.2) is 47.4 Å². The second kappa shape index (κ2) is 7.79. The number of carbonyl (C=O) groups is 1. The third-order valence-electron chi connectivity index (χ3n) is 4.15. The summed E-state index contributed by atoms with van der Waals surface area (Å²) >= 11 is 5.78.